The fourth-order valence-electron chi connectivity index (χ4n) is 2.83. The molecule has 0 fully saturated rings. The lowest BCUT2D eigenvalue weighted by Gasteiger charge is -2.15. The average molecular weight is 363 g/mol. The van der Waals surface area contributed by atoms with Crippen molar-refractivity contribution in [3.8, 4) is 5.75 Å². The number of hydrogen-bond acceptors (Lipinski definition) is 5. The third-order valence-electron chi connectivity index (χ3n) is 4.27. The quantitative estimate of drug-likeness (QED) is 0.563. The molecule has 0 radical (unpaired) electrons. The van der Waals surface area contributed by atoms with E-state index in [1.54, 1.807) is 37.5 Å². The summed E-state index contributed by atoms with van der Waals surface area (Å²) in [6, 6.07) is 13.7. The first-order valence-electron chi connectivity index (χ1n) is 8.42. The second kappa shape index (κ2) is 6.60. The number of amides is 1. The van der Waals surface area contributed by atoms with Crippen LogP contribution < -0.4 is 15.7 Å². The predicted molar refractivity (Wildman–Crippen MR) is 102 cm³/mol. The van der Waals surface area contributed by atoms with Crippen LogP contribution in [-0.2, 0) is 11.8 Å². The number of hydrogen-bond donors (Lipinski definition) is 1. The fraction of sp³-hybridized carbons (Fsp3) is 0.150. The number of nitrogens with zero attached hydrogens (tertiary/aromatic N) is 2. The largest absolute Gasteiger partial charge is 0.481 e. The Hall–Kier alpha value is -3.61. The normalized spacial score (nSPS) is 12.2. The van der Waals surface area contributed by atoms with Gasteiger partial charge >= 0.3 is 5.63 Å². The lowest BCUT2D eigenvalue weighted by Crippen LogP contribution is -2.30. The fourth-order valence-corrected chi connectivity index (χ4v) is 2.83. The van der Waals surface area contributed by atoms with Crippen molar-refractivity contribution in [3.05, 3.63) is 65.3 Å². The van der Waals surface area contributed by atoms with Crippen LogP contribution in [0.25, 0.3) is 22.0 Å². The SMILES string of the molecule is CC(Oc1ccc2ccc(=O)oc2c1)C(=O)Nc1ccc2c(c1)ncn2C. The monoisotopic (exact) mass is 363 g/mol. The Balaban J connectivity index is 1.49. The highest BCUT2D eigenvalue weighted by Crippen LogP contribution is 2.21. The van der Waals surface area contributed by atoms with Crippen LogP contribution in [0.5, 0.6) is 5.75 Å². The Kier molecular flexibility index (Phi) is 4.12. The number of anilines is 1. The Morgan fingerprint density at radius 3 is 2.85 bits per heavy atom. The van der Waals surface area contributed by atoms with Gasteiger partial charge < -0.3 is 19.0 Å². The highest BCUT2D eigenvalue weighted by molar-refractivity contribution is 5.95. The zero-order valence-corrected chi connectivity index (χ0v) is 14.8. The first-order chi connectivity index (χ1) is 13.0. The molecule has 0 aliphatic rings. The first kappa shape index (κ1) is 16.8. The molecular weight excluding hydrogens is 346 g/mol. The Morgan fingerprint density at radius 1 is 1.19 bits per heavy atom. The number of benzene rings is 2. The molecule has 0 bridgehead atoms. The number of rotatable bonds is 4. The summed E-state index contributed by atoms with van der Waals surface area (Å²) in [4.78, 5) is 28.1. The predicted octanol–water partition coefficient (Wildman–Crippen LogP) is 3.09. The van der Waals surface area contributed by atoms with Gasteiger partial charge in [-0.25, -0.2) is 9.78 Å². The third-order valence-corrected chi connectivity index (χ3v) is 4.27. The molecule has 2 heterocycles. The van der Waals surface area contributed by atoms with Crippen LogP contribution in [0.2, 0.25) is 0 Å². The number of carbonyl (C=O) groups excluding carboxylic acids is 1. The Morgan fingerprint density at radius 2 is 2.00 bits per heavy atom. The number of nitrogens with one attached hydrogen (secondary N) is 1. The highest BCUT2D eigenvalue weighted by Gasteiger charge is 2.16. The molecule has 0 saturated carbocycles. The lowest BCUT2D eigenvalue weighted by molar-refractivity contribution is -0.122. The molecule has 27 heavy (non-hydrogen) atoms. The molecule has 0 spiro atoms. The number of ether oxygens (including phenoxy) is 1. The summed E-state index contributed by atoms with van der Waals surface area (Å²) in [6.07, 6.45) is 0.984. The van der Waals surface area contributed by atoms with Crippen molar-refractivity contribution in [2.24, 2.45) is 7.05 Å². The van der Waals surface area contributed by atoms with E-state index < -0.39 is 11.7 Å². The smallest absolute Gasteiger partial charge is 0.336 e. The van der Waals surface area contributed by atoms with E-state index in [1.165, 1.54) is 6.07 Å². The minimum Gasteiger partial charge on any atom is -0.481 e. The van der Waals surface area contributed by atoms with Crippen LogP contribution in [0.3, 0.4) is 0 Å². The van der Waals surface area contributed by atoms with Crippen molar-refractivity contribution in [3.63, 3.8) is 0 Å². The van der Waals surface area contributed by atoms with Crippen LogP contribution in [0, 0.1) is 0 Å². The van der Waals surface area contributed by atoms with Gasteiger partial charge in [-0.2, -0.15) is 0 Å². The summed E-state index contributed by atoms with van der Waals surface area (Å²) in [5.74, 6) is 0.152. The second-order valence-corrected chi connectivity index (χ2v) is 6.26. The molecule has 0 saturated heterocycles. The van der Waals surface area contributed by atoms with Crippen LogP contribution in [0.4, 0.5) is 5.69 Å². The van der Waals surface area contributed by atoms with Gasteiger partial charge in [0.05, 0.1) is 17.4 Å². The van der Waals surface area contributed by atoms with E-state index in [1.807, 2.05) is 29.8 Å². The van der Waals surface area contributed by atoms with Crippen molar-refractivity contribution in [2.45, 2.75) is 13.0 Å². The number of fused-ring (bicyclic) bond motifs is 2. The first-order valence-corrected chi connectivity index (χ1v) is 8.42. The van der Waals surface area contributed by atoms with Crippen molar-refractivity contribution >= 4 is 33.6 Å². The lowest BCUT2D eigenvalue weighted by atomic mass is 10.2. The maximum atomic E-state index is 12.4. The van der Waals surface area contributed by atoms with Crippen LogP contribution in [0.1, 0.15) is 6.92 Å². The van der Waals surface area contributed by atoms with Gasteiger partial charge in [0.2, 0.25) is 0 Å². The zero-order chi connectivity index (χ0) is 19.0. The summed E-state index contributed by atoms with van der Waals surface area (Å²) >= 11 is 0. The van der Waals surface area contributed by atoms with E-state index in [-0.39, 0.29) is 5.91 Å². The second-order valence-electron chi connectivity index (χ2n) is 6.26. The van der Waals surface area contributed by atoms with Gasteiger partial charge in [0.25, 0.3) is 5.91 Å². The van der Waals surface area contributed by atoms with Crippen molar-refractivity contribution in [1.82, 2.24) is 9.55 Å². The van der Waals surface area contributed by atoms with Crippen LogP contribution >= 0.6 is 0 Å². The summed E-state index contributed by atoms with van der Waals surface area (Å²) < 4.78 is 12.7. The summed E-state index contributed by atoms with van der Waals surface area (Å²) in [5.41, 5.74) is 2.40. The molecule has 1 N–H and O–H groups in total. The molecule has 2 aromatic carbocycles. The number of carbonyl (C=O) groups is 1. The zero-order valence-electron chi connectivity index (χ0n) is 14.8. The topological polar surface area (TPSA) is 86.4 Å². The van der Waals surface area contributed by atoms with Crippen molar-refractivity contribution in [1.29, 1.82) is 0 Å². The molecule has 4 aromatic rings. The molecule has 2 aromatic heterocycles. The van der Waals surface area contributed by atoms with Crippen molar-refractivity contribution in [2.75, 3.05) is 5.32 Å². The minimum atomic E-state index is -0.739. The molecule has 0 aliphatic carbocycles. The maximum absolute atomic E-state index is 12.4. The van der Waals surface area contributed by atoms with Gasteiger partial charge in [-0.1, -0.05) is 0 Å². The molecule has 1 atom stereocenters. The van der Waals surface area contributed by atoms with Crippen LogP contribution in [-0.4, -0.2) is 21.6 Å². The standard InChI is InChI=1S/C20H17N3O4/c1-12(26-15-6-3-13-4-8-19(24)27-18(13)10-15)20(25)22-14-5-7-17-16(9-14)21-11-23(17)2/h3-12H,1-2H3,(H,22,25). The summed E-state index contributed by atoms with van der Waals surface area (Å²) in [6.45, 7) is 1.65. The van der Waals surface area contributed by atoms with Gasteiger partial charge in [-0.3, -0.25) is 4.79 Å². The van der Waals surface area contributed by atoms with Crippen LogP contribution in [0.15, 0.2) is 64.1 Å². The van der Waals surface area contributed by atoms with Gasteiger partial charge in [0.1, 0.15) is 11.3 Å². The van der Waals surface area contributed by atoms with Gasteiger partial charge in [-0.05, 0) is 43.3 Å². The highest BCUT2D eigenvalue weighted by atomic mass is 16.5. The van der Waals surface area contributed by atoms with Gasteiger partial charge in [-0.15, -0.1) is 0 Å². The molecule has 7 heteroatoms. The maximum Gasteiger partial charge on any atom is 0.336 e. The molecule has 7 nitrogen and oxygen atoms in total. The molecule has 1 unspecified atom stereocenters. The number of aryl methyl sites for hydroxylation is 1. The van der Waals surface area contributed by atoms with E-state index in [9.17, 15) is 9.59 Å². The van der Waals surface area contributed by atoms with E-state index >= 15 is 0 Å². The van der Waals surface area contributed by atoms with Crippen molar-refractivity contribution < 1.29 is 13.9 Å². The average Bonchev–Trinajstić information content (AvgIpc) is 3.01. The van der Waals surface area contributed by atoms with E-state index in [2.05, 4.69) is 10.3 Å². The Labute approximate surface area is 154 Å². The minimum absolute atomic E-state index is 0.292. The Bertz CT molecular complexity index is 1210. The molecule has 1 amide bonds. The van der Waals surface area contributed by atoms with E-state index in [4.69, 9.17) is 9.15 Å². The molecular formula is C20H17N3O4. The summed E-state index contributed by atoms with van der Waals surface area (Å²) in [5, 5.41) is 3.60. The van der Waals surface area contributed by atoms with E-state index in [0.29, 0.717) is 17.0 Å². The molecule has 136 valence electrons. The third kappa shape index (κ3) is 3.39. The van der Waals surface area contributed by atoms with Gasteiger partial charge in [0, 0.05) is 30.3 Å². The van der Waals surface area contributed by atoms with E-state index in [0.717, 1.165) is 16.4 Å². The van der Waals surface area contributed by atoms with Gasteiger partial charge in [0.15, 0.2) is 6.10 Å². The number of aromatic nitrogens is 2. The number of imidazole rings is 1. The summed E-state index contributed by atoms with van der Waals surface area (Å²) in [7, 11) is 1.91. The molecule has 0 aliphatic heterocycles. The molecule has 4 rings (SSSR count).